The number of esters is 2. The summed E-state index contributed by atoms with van der Waals surface area (Å²) in [7, 11) is 0. The van der Waals surface area contributed by atoms with Crippen LogP contribution in [-0.2, 0) is 11.3 Å². The van der Waals surface area contributed by atoms with E-state index in [0.717, 1.165) is 38.1 Å². The zero-order valence-corrected chi connectivity index (χ0v) is 21.6. The van der Waals surface area contributed by atoms with Gasteiger partial charge in [0, 0.05) is 10.8 Å². The summed E-state index contributed by atoms with van der Waals surface area (Å²) in [5.41, 5.74) is 4.57. The van der Waals surface area contributed by atoms with Gasteiger partial charge in [0.05, 0.1) is 22.2 Å². The average molecular weight is 512 g/mol. The maximum atomic E-state index is 13.8. The van der Waals surface area contributed by atoms with Gasteiger partial charge < -0.3 is 9.47 Å². The molecule has 0 saturated heterocycles. The molecule has 0 atom stereocenters. The predicted octanol–water partition coefficient (Wildman–Crippen LogP) is 7.73. The fraction of sp³-hybridized carbons (Fsp3) is 0.0882. The molecule has 6 rings (SSSR count). The normalized spacial score (nSPS) is 11.1. The van der Waals surface area contributed by atoms with Crippen LogP contribution >= 0.6 is 0 Å². The minimum Gasteiger partial charge on any atom is -0.457 e. The number of rotatable bonds is 5. The number of carbonyl (C=O) groups is 2. The highest BCUT2D eigenvalue weighted by atomic mass is 16.5. The number of aromatic nitrogens is 1. The van der Waals surface area contributed by atoms with Gasteiger partial charge in [-0.1, -0.05) is 72.8 Å². The first-order chi connectivity index (χ1) is 19.0. The maximum absolute atomic E-state index is 13.8. The summed E-state index contributed by atoms with van der Waals surface area (Å²) in [6.07, 6.45) is 0. The molecule has 0 spiro atoms. The monoisotopic (exact) mass is 511 g/mol. The van der Waals surface area contributed by atoms with E-state index in [1.807, 2.05) is 105 Å². The van der Waals surface area contributed by atoms with E-state index in [-0.39, 0.29) is 6.61 Å². The van der Waals surface area contributed by atoms with Crippen molar-refractivity contribution >= 4 is 44.5 Å². The van der Waals surface area contributed by atoms with E-state index in [0.29, 0.717) is 28.0 Å². The number of pyridine rings is 1. The average Bonchev–Trinajstić information content (AvgIpc) is 2.95. The minimum absolute atomic E-state index is 0.186. The first-order valence-electron chi connectivity index (χ1n) is 12.7. The number of ether oxygens (including phenoxy) is 2. The van der Waals surface area contributed by atoms with Crippen LogP contribution < -0.4 is 4.74 Å². The molecule has 190 valence electrons. The van der Waals surface area contributed by atoms with Gasteiger partial charge in [-0.3, -0.25) is 0 Å². The van der Waals surface area contributed by atoms with Gasteiger partial charge in [0.25, 0.3) is 0 Å². The maximum Gasteiger partial charge on any atom is 0.344 e. The van der Waals surface area contributed by atoms with Crippen molar-refractivity contribution in [2.24, 2.45) is 0 Å². The molecule has 0 amide bonds. The number of nitrogens with zero attached hydrogens (tertiary/aromatic N) is 1. The van der Waals surface area contributed by atoms with Gasteiger partial charge in [0.1, 0.15) is 12.4 Å². The largest absolute Gasteiger partial charge is 0.457 e. The SMILES string of the molecule is Cc1cc(C(=O)OCc2ccccc2)cc(C)c1OC(=O)c1c2ccccc2nc2cc3ccccc3cc12. The van der Waals surface area contributed by atoms with Gasteiger partial charge in [-0.2, -0.15) is 0 Å². The van der Waals surface area contributed by atoms with E-state index >= 15 is 0 Å². The molecule has 0 fully saturated rings. The van der Waals surface area contributed by atoms with Gasteiger partial charge in [-0.25, -0.2) is 14.6 Å². The minimum atomic E-state index is -0.473. The summed E-state index contributed by atoms with van der Waals surface area (Å²) in [4.78, 5) is 31.4. The van der Waals surface area contributed by atoms with Crippen LogP contribution in [0.25, 0.3) is 32.6 Å². The first-order valence-corrected chi connectivity index (χ1v) is 12.7. The van der Waals surface area contributed by atoms with E-state index < -0.39 is 11.9 Å². The van der Waals surface area contributed by atoms with E-state index in [2.05, 4.69) is 0 Å². The highest BCUT2D eigenvalue weighted by molar-refractivity contribution is 6.17. The zero-order valence-electron chi connectivity index (χ0n) is 21.6. The van der Waals surface area contributed by atoms with Gasteiger partial charge in [-0.05, 0) is 71.6 Å². The molecule has 1 aromatic heterocycles. The van der Waals surface area contributed by atoms with Crippen molar-refractivity contribution in [2.45, 2.75) is 20.5 Å². The van der Waals surface area contributed by atoms with E-state index in [4.69, 9.17) is 14.5 Å². The first kappa shape index (κ1) is 24.3. The van der Waals surface area contributed by atoms with Crippen LogP contribution in [0.1, 0.15) is 37.4 Å². The fourth-order valence-electron chi connectivity index (χ4n) is 4.98. The van der Waals surface area contributed by atoms with Crippen LogP contribution in [0.2, 0.25) is 0 Å². The van der Waals surface area contributed by atoms with E-state index in [9.17, 15) is 9.59 Å². The van der Waals surface area contributed by atoms with Crippen molar-refractivity contribution in [1.29, 1.82) is 0 Å². The van der Waals surface area contributed by atoms with Crippen LogP contribution in [0.5, 0.6) is 5.75 Å². The van der Waals surface area contributed by atoms with Crippen molar-refractivity contribution in [3.05, 3.63) is 131 Å². The number of aryl methyl sites for hydroxylation is 2. The molecule has 5 aromatic carbocycles. The molecule has 1 heterocycles. The van der Waals surface area contributed by atoms with Crippen LogP contribution in [0.4, 0.5) is 0 Å². The van der Waals surface area contributed by atoms with Gasteiger partial charge >= 0.3 is 11.9 Å². The van der Waals surface area contributed by atoms with Gasteiger partial charge in [0.2, 0.25) is 0 Å². The molecule has 0 aliphatic heterocycles. The van der Waals surface area contributed by atoms with Crippen LogP contribution in [-0.4, -0.2) is 16.9 Å². The lowest BCUT2D eigenvalue weighted by Gasteiger charge is -2.15. The molecular weight excluding hydrogens is 486 g/mol. The number of hydrogen-bond acceptors (Lipinski definition) is 5. The van der Waals surface area contributed by atoms with Crippen LogP contribution in [0.15, 0.2) is 103 Å². The van der Waals surface area contributed by atoms with Crippen molar-refractivity contribution < 1.29 is 19.1 Å². The number of para-hydroxylation sites is 1. The second kappa shape index (κ2) is 10.0. The number of carbonyl (C=O) groups excluding carboxylic acids is 2. The molecule has 0 radical (unpaired) electrons. The molecule has 0 unspecified atom stereocenters. The van der Waals surface area contributed by atoms with Gasteiger partial charge in [-0.15, -0.1) is 0 Å². The molecule has 0 saturated carbocycles. The lowest BCUT2D eigenvalue weighted by molar-refractivity contribution is 0.0472. The summed E-state index contributed by atoms with van der Waals surface area (Å²) in [5.74, 6) is -0.477. The number of benzene rings is 5. The Morgan fingerprint density at radius 3 is 2.05 bits per heavy atom. The number of fused-ring (bicyclic) bond motifs is 3. The Bertz CT molecular complexity index is 1860. The van der Waals surface area contributed by atoms with E-state index in [1.54, 1.807) is 12.1 Å². The summed E-state index contributed by atoms with van der Waals surface area (Å²) in [6, 6.07) is 32.5. The highest BCUT2D eigenvalue weighted by Crippen LogP contribution is 2.32. The Labute approximate surface area is 225 Å². The zero-order chi connectivity index (χ0) is 26.9. The summed E-state index contributed by atoms with van der Waals surface area (Å²) in [6.45, 7) is 3.82. The second-order valence-corrected chi connectivity index (χ2v) is 9.61. The Morgan fingerprint density at radius 2 is 1.31 bits per heavy atom. The van der Waals surface area contributed by atoms with Crippen LogP contribution in [0.3, 0.4) is 0 Å². The summed E-state index contributed by atoms with van der Waals surface area (Å²) in [5, 5.41) is 3.52. The molecule has 39 heavy (non-hydrogen) atoms. The third-order valence-electron chi connectivity index (χ3n) is 6.86. The molecule has 0 aliphatic carbocycles. The number of hydrogen-bond donors (Lipinski definition) is 0. The van der Waals surface area contributed by atoms with Crippen molar-refractivity contribution in [2.75, 3.05) is 0 Å². The molecule has 0 aliphatic rings. The Balaban J connectivity index is 1.35. The van der Waals surface area contributed by atoms with Crippen molar-refractivity contribution in [1.82, 2.24) is 4.98 Å². The quantitative estimate of drug-likeness (QED) is 0.135. The van der Waals surface area contributed by atoms with Crippen molar-refractivity contribution in [3.63, 3.8) is 0 Å². The molecule has 0 N–H and O–H groups in total. The highest BCUT2D eigenvalue weighted by Gasteiger charge is 2.21. The lowest BCUT2D eigenvalue weighted by atomic mass is 9.99. The fourth-order valence-corrected chi connectivity index (χ4v) is 4.98. The molecule has 5 nitrogen and oxygen atoms in total. The van der Waals surface area contributed by atoms with Crippen molar-refractivity contribution in [3.8, 4) is 5.75 Å². The third kappa shape index (κ3) is 4.71. The molecule has 5 heteroatoms. The molecule has 0 bridgehead atoms. The third-order valence-corrected chi connectivity index (χ3v) is 6.86. The Kier molecular flexibility index (Phi) is 6.25. The summed E-state index contributed by atoms with van der Waals surface area (Å²) < 4.78 is 11.5. The summed E-state index contributed by atoms with van der Waals surface area (Å²) >= 11 is 0. The van der Waals surface area contributed by atoms with E-state index in [1.165, 1.54) is 0 Å². The molecule has 6 aromatic rings. The Morgan fingerprint density at radius 1 is 0.667 bits per heavy atom. The second-order valence-electron chi connectivity index (χ2n) is 9.61. The smallest absolute Gasteiger partial charge is 0.344 e. The topological polar surface area (TPSA) is 65.5 Å². The Hall–Kier alpha value is -5.03. The standard InChI is InChI=1S/C34H25NO4/c1-21-16-26(33(36)38-20-23-10-4-3-5-11-23)17-22(2)32(21)39-34(37)31-27-14-8-9-15-29(27)35-30-19-25-13-7-6-12-24(25)18-28(30)31/h3-19H,20H2,1-2H3. The van der Waals surface area contributed by atoms with Gasteiger partial charge in [0.15, 0.2) is 0 Å². The molecular formula is C34H25NO4. The lowest BCUT2D eigenvalue weighted by Crippen LogP contribution is -2.13. The predicted molar refractivity (Wildman–Crippen MR) is 153 cm³/mol. The van der Waals surface area contributed by atoms with Crippen LogP contribution in [0, 0.1) is 13.8 Å².